The maximum atomic E-state index is 12.7. The normalized spacial score (nSPS) is 19.0. The minimum absolute atomic E-state index is 0.00569. The molecule has 0 saturated carbocycles. The second-order valence-electron chi connectivity index (χ2n) is 6.39. The molecule has 3 rings (SSSR count). The van der Waals surface area contributed by atoms with Crippen LogP contribution in [0.1, 0.15) is 18.1 Å². The van der Waals surface area contributed by atoms with Crippen LogP contribution in [0.3, 0.4) is 0 Å². The van der Waals surface area contributed by atoms with Crippen LogP contribution in [0.5, 0.6) is 0 Å². The van der Waals surface area contributed by atoms with E-state index >= 15 is 0 Å². The third-order valence-electron chi connectivity index (χ3n) is 4.25. The predicted molar refractivity (Wildman–Crippen MR) is 102 cm³/mol. The van der Waals surface area contributed by atoms with Crippen LogP contribution in [0.4, 0.5) is 18.0 Å². The van der Waals surface area contributed by atoms with Crippen molar-refractivity contribution < 1.29 is 27.6 Å². The highest BCUT2D eigenvalue weighted by Crippen LogP contribution is 2.33. The number of carbonyl (C=O) groups is 3. The quantitative estimate of drug-likeness (QED) is 0.529. The van der Waals surface area contributed by atoms with Crippen molar-refractivity contribution in [1.29, 1.82) is 0 Å². The summed E-state index contributed by atoms with van der Waals surface area (Å²) in [6.07, 6.45) is -3.99. The molecule has 1 fully saturated rings. The van der Waals surface area contributed by atoms with Crippen LogP contribution in [0.2, 0.25) is 5.02 Å². The number of aromatic nitrogens is 1. The van der Waals surface area contributed by atoms with E-state index in [2.05, 4.69) is 15.7 Å². The van der Waals surface area contributed by atoms with Gasteiger partial charge in [-0.3, -0.25) is 15.0 Å². The molecular formula is C18H14ClF3N4O3S. The van der Waals surface area contributed by atoms with E-state index in [0.29, 0.717) is 22.8 Å². The van der Waals surface area contributed by atoms with Gasteiger partial charge in [0, 0.05) is 6.20 Å². The minimum atomic E-state index is -4.59. The molecule has 7 nitrogen and oxygen atoms in total. The zero-order chi connectivity index (χ0) is 22.1. The van der Waals surface area contributed by atoms with Gasteiger partial charge in [-0.15, -0.1) is 0 Å². The van der Waals surface area contributed by atoms with E-state index in [4.69, 9.17) is 11.6 Å². The SMILES string of the molecule is C[C@]1(c2ccccc2)NC(=O)N(NC(=O)CSc2ncc(C(F)(F)F)cc2Cl)C1=O. The van der Waals surface area contributed by atoms with Crippen molar-refractivity contribution in [3.05, 3.63) is 58.7 Å². The number of nitrogens with one attached hydrogen (secondary N) is 2. The number of nitrogens with zero attached hydrogens (tertiary/aromatic N) is 2. The van der Waals surface area contributed by atoms with Gasteiger partial charge in [0.2, 0.25) is 5.91 Å². The standard InChI is InChI=1S/C18H14ClF3N4O3S/c1-17(10-5-3-2-4-6-10)15(28)26(16(29)24-17)25-13(27)9-30-14-12(19)7-11(8-23-14)18(20,21)22/h2-8H,9H2,1H3,(H,24,29)(H,25,27)/t17-/m1/s1. The lowest BCUT2D eigenvalue weighted by Gasteiger charge is -2.22. The van der Waals surface area contributed by atoms with Crippen molar-refractivity contribution in [3.63, 3.8) is 0 Å². The van der Waals surface area contributed by atoms with E-state index in [1.54, 1.807) is 30.3 Å². The lowest BCUT2D eigenvalue weighted by atomic mass is 9.92. The summed E-state index contributed by atoms with van der Waals surface area (Å²) >= 11 is 6.56. The first kappa shape index (κ1) is 21.9. The second kappa shape index (κ2) is 8.15. The van der Waals surface area contributed by atoms with Gasteiger partial charge in [0.15, 0.2) is 0 Å². The first-order chi connectivity index (χ1) is 14.0. The van der Waals surface area contributed by atoms with Gasteiger partial charge in [0.05, 0.1) is 16.3 Å². The fraction of sp³-hybridized carbons (Fsp3) is 0.222. The topological polar surface area (TPSA) is 91.4 Å². The molecule has 0 aliphatic carbocycles. The molecule has 1 aliphatic rings. The number of halogens is 4. The summed E-state index contributed by atoms with van der Waals surface area (Å²) in [6, 6.07) is 8.39. The molecule has 30 heavy (non-hydrogen) atoms. The van der Waals surface area contributed by atoms with Gasteiger partial charge >= 0.3 is 12.2 Å². The summed E-state index contributed by atoms with van der Waals surface area (Å²) in [5, 5.41) is 2.83. The molecule has 0 bridgehead atoms. The van der Waals surface area contributed by atoms with Crippen molar-refractivity contribution in [3.8, 4) is 0 Å². The number of thioether (sulfide) groups is 1. The Hall–Kier alpha value is -2.79. The van der Waals surface area contributed by atoms with Crippen LogP contribution in [-0.2, 0) is 21.3 Å². The highest BCUT2D eigenvalue weighted by Gasteiger charge is 2.49. The van der Waals surface area contributed by atoms with Gasteiger partial charge in [0.1, 0.15) is 10.6 Å². The second-order valence-corrected chi connectivity index (χ2v) is 7.77. The highest BCUT2D eigenvalue weighted by molar-refractivity contribution is 8.00. The molecule has 1 atom stereocenters. The Morgan fingerprint density at radius 2 is 1.97 bits per heavy atom. The molecule has 12 heteroatoms. The molecule has 2 heterocycles. The maximum absolute atomic E-state index is 12.7. The van der Waals surface area contributed by atoms with Gasteiger partial charge in [-0.25, -0.2) is 9.78 Å². The van der Waals surface area contributed by atoms with E-state index in [1.165, 1.54) is 6.92 Å². The Balaban J connectivity index is 1.64. The number of pyridine rings is 1. The first-order valence-corrected chi connectivity index (χ1v) is 9.76. The molecule has 0 unspecified atom stereocenters. The number of urea groups is 1. The van der Waals surface area contributed by atoms with Crippen LogP contribution < -0.4 is 10.7 Å². The Labute approximate surface area is 177 Å². The Morgan fingerprint density at radius 1 is 1.30 bits per heavy atom. The third-order valence-corrected chi connectivity index (χ3v) is 5.66. The Morgan fingerprint density at radius 3 is 2.57 bits per heavy atom. The maximum Gasteiger partial charge on any atom is 0.417 e. The average molecular weight is 459 g/mol. The fourth-order valence-electron chi connectivity index (χ4n) is 2.69. The van der Waals surface area contributed by atoms with Gasteiger partial charge < -0.3 is 5.32 Å². The van der Waals surface area contributed by atoms with Crippen molar-refractivity contribution >= 4 is 41.2 Å². The van der Waals surface area contributed by atoms with Gasteiger partial charge in [-0.1, -0.05) is 53.7 Å². The number of benzene rings is 1. The minimum Gasteiger partial charge on any atom is -0.318 e. The van der Waals surface area contributed by atoms with E-state index in [1.807, 2.05) is 0 Å². The zero-order valence-corrected chi connectivity index (χ0v) is 16.9. The van der Waals surface area contributed by atoms with Crippen LogP contribution in [-0.4, -0.2) is 33.6 Å². The number of rotatable bonds is 5. The molecule has 4 amide bonds. The Kier molecular flexibility index (Phi) is 5.95. The van der Waals surface area contributed by atoms with E-state index in [0.717, 1.165) is 11.8 Å². The van der Waals surface area contributed by atoms with Crippen molar-refractivity contribution in [2.24, 2.45) is 0 Å². The summed E-state index contributed by atoms with van der Waals surface area (Å²) in [6.45, 7) is 1.51. The number of hydrogen-bond acceptors (Lipinski definition) is 5. The number of hydrogen-bond donors (Lipinski definition) is 2. The largest absolute Gasteiger partial charge is 0.417 e. The van der Waals surface area contributed by atoms with Gasteiger partial charge in [-0.05, 0) is 18.6 Å². The molecular weight excluding hydrogens is 445 g/mol. The summed E-state index contributed by atoms with van der Waals surface area (Å²) < 4.78 is 38.0. The molecule has 1 aromatic carbocycles. The highest BCUT2D eigenvalue weighted by atomic mass is 35.5. The summed E-state index contributed by atoms with van der Waals surface area (Å²) in [5.41, 5.74) is 0.364. The smallest absolute Gasteiger partial charge is 0.318 e. The van der Waals surface area contributed by atoms with Crippen LogP contribution in [0.25, 0.3) is 0 Å². The molecule has 158 valence electrons. The van der Waals surface area contributed by atoms with E-state index < -0.39 is 35.1 Å². The summed E-state index contributed by atoms with van der Waals surface area (Å²) in [7, 11) is 0. The molecule has 0 radical (unpaired) electrons. The third kappa shape index (κ3) is 4.36. The predicted octanol–water partition coefficient (Wildman–Crippen LogP) is 3.34. The average Bonchev–Trinajstić information content (AvgIpc) is 2.91. The van der Waals surface area contributed by atoms with Crippen molar-refractivity contribution in [2.45, 2.75) is 23.7 Å². The summed E-state index contributed by atoms with van der Waals surface area (Å²) in [4.78, 5) is 40.7. The first-order valence-electron chi connectivity index (χ1n) is 8.39. The van der Waals surface area contributed by atoms with Crippen LogP contribution in [0, 0.1) is 0 Å². The zero-order valence-electron chi connectivity index (χ0n) is 15.3. The fourth-order valence-corrected chi connectivity index (χ4v) is 3.67. The van der Waals surface area contributed by atoms with E-state index in [9.17, 15) is 27.6 Å². The van der Waals surface area contributed by atoms with Crippen LogP contribution in [0.15, 0.2) is 47.6 Å². The van der Waals surface area contributed by atoms with Crippen LogP contribution >= 0.6 is 23.4 Å². The molecule has 2 N–H and O–H groups in total. The molecule has 1 saturated heterocycles. The number of hydrazine groups is 1. The summed E-state index contributed by atoms with van der Waals surface area (Å²) in [5.74, 6) is -1.75. The molecule has 1 aromatic heterocycles. The monoisotopic (exact) mass is 458 g/mol. The van der Waals surface area contributed by atoms with Gasteiger partial charge in [0.25, 0.3) is 5.91 Å². The lowest BCUT2D eigenvalue weighted by Crippen LogP contribution is -2.48. The molecule has 1 aliphatic heterocycles. The lowest BCUT2D eigenvalue weighted by molar-refractivity contribution is -0.138. The number of imide groups is 1. The van der Waals surface area contributed by atoms with Crippen molar-refractivity contribution in [2.75, 3.05) is 5.75 Å². The van der Waals surface area contributed by atoms with Gasteiger partial charge in [-0.2, -0.15) is 18.2 Å². The molecule has 2 aromatic rings. The molecule has 0 spiro atoms. The van der Waals surface area contributed by atoms with Crippen molar-refractivity contribution in [1.82, 2.24) is 20.7 Å². The Bertz CT molecular complexity index is 1010. The van der Waals surface area contributed by atoms with E-state index in [-0.39, 0.29) is 15.8 Å². The number of alkyl halides is 3. The number of amides is 4. The number of carbonyl (C=O) groups excluding carboxylic acids is 3.